The zero-order valence-corrected chi connectivity index (χ0v) is 17.6. The SMILES string of the molecule is CC(C)N(C(=O)CN1C(=O)CC(=O)N(c2ccccc2)CC1C(N)=O)c1ccccc1. The Labute approximate surface area is 181 Å². The average Bonchev–Trinajstić information content (AvgIpc) is 2.85. The standard InChI is InChI=1S/C23H26N4O4/c1-16(2)27(18-11-7-4-8-12-18)22(30)15-26-19(23(24)31)14-25(20(28)13-21(26)29)17-9-5-3-6-10-17/h3-12,16,19H,13-15H2,1-2H3,(H2,24,31). The highest BCUT2D eigenvalue weighted by Gasteiger charge is 2.39. The van der Waals surface area contributed by atoms with Crippen LogP contribution in [0.25, 0.3) is 0 Å². The van der Waals surface area contributed by atoms with Crippen molar-refractivity contribution in [3.8, 4) is 0 Å². The van der Waals surface area contributed by atoms with Crippen LogP contribution in [0.5, 0.6) is 0 Å². The number of primary amides is 1. The second kappa shape index (κ2) is 9.42. The van der Waals surface area contributed by atoms with Crippen molar-refractivity contribution >= 4 is 35.0 Å². The van der Waals surface area contributed by atoms with Gasteiger partial charge in [-0.25, -0.2) is 0 Å². The normalized spacial score (nSPS) is 16.9. The van der Waals surface area contributed by atoms with Crippen LogP contribution in [0.2, 0.25) is 0 Å². The number of hydrogen-bond donors (Lipinski definition) is 1. The minimum absolute atomic E-state index is 0.107. The summed E-state index contributed by atoms with van der Waals surface area (Å²) in [4.78, 5) is 55.1. The second-order valence-corrected chi connectivity index (χ2v) is 7.65. The van der Waals surface area contributed by atoms with Gasteiger partial charge in [-0.1, -0.05) is 36.4 Å². The van der Waals surface area contributed by atoms with Gasteiger partial charge in [0.2, 0.25) is 23.6 Å². The molecule has 3 rings (SSSR count). The molecule has 1 heterocycles. The first kappa shape index (κ1) is 22.0. The lowest BCUT2D eigenvalue weighted by Crippen LogP contribution is -2.55. The number of nitrogens with two attached hydrogens (primary N) is 1. The summed E-state index contributed by atoms with van der Waals surface area (Å²) >= 11 is 0. The van der Waals surface area contributed by atoms with E-state index < -0.39 is 30.2 Å². The van der Waals surface area contributed by atoms with Crippen molar-refractivity contribution in [2.45, 2.75) is 32.4 Å². The molecule has 0 aromatic heterocycles. The molecule has 8 heteroatoms. The first-order valence-electron chi connectivity index (χ1n) is 10.1. The maximum absolute atomic E-state index is 13.2. The number of carbonyl (C=O) groups is 4. The second-order valence-electron chi connectivity index (χ2n) is 7.65. The highest BCUT2D eigenvalue weighted by molar-refractivity contribution is 6.09. The summed E-state index contributed by atoms with van der Waals surface area (Å²) in [7, 11) is 0. The highest BCUT2D eigenvalue weighted by Crippen LogP contribution is 2.22. The van der Waals surface area contributed by atoms with Gasteiger partial charge in [-0.15, -0.1) is 0 Å². The number of carbonyl (C=O) groups excluding carboxylic acids is 4. The van der Waals surface area contributed by atoms with Crippen molar-refractivity contribution in [2.75, 3.05) is 22.9 Å². The lowest BCUT2D eigenvalue weighted by atomic mass is 10.2. The number of hydrogen-bond acceptors (Lipinski definition) is 4. The molecule has 1 fully saturated rings. The largest absolute Gasteiger partial charge is 0.368 e. The Hall–Kier alpha value is -3.68. The minimum Gasteiger partial charge on any atom is -0.368 e. The van der Waals surface area contributed by atoms with Crippen LogP contribution in [0.4, 0.5) is 11.4 Å². The van der Waals surface area contributed by atoms with Crippen molar-refractivity contribution in [3.05, 3.63) is 60.7 Å². The fraction of sp³-hybridized carbons (Fsp3) is 0.304. The zero-order chi connectivity index (χ0) is 22.5. The van der Waals surface area contributed by atoms with Crippen molar-refractivity contribution in [2.24, 2.45) is 5.73 Å². The van der Waals surface area contributed by atoms with Crippen LogP contribution in [0.15, 0.2) is 60.7 Å². The van der Waals surface area contributed by atoms with Gasteiger partial charge in [-0.2, -0.15) is 0 Å². The van der Waals surface area contributed by atoms with Crippen LogP contribution >= 0.6 is 0 Å². The first-order chi connectivity index (χ1) is 14.8. The zero-order valence-electron chi connectivity index (χ0n) is 17.6. The van der Waals surface area contributed by atoms with E-state index in [-0.39, 0.29) is 25.0 Å². The van der Waals surface area contributed by atoms with Crippen LogP contribution in [0.3, 0.4) is 0 Å². The molecule has 2 N–H and O–H groups in total. The summed E-state index contributed by atoms with van der Waals surface area (Å²) in [5, 5.41) is 0. The summed E-state index contributed by atoms with van der Waals surface area (Å²) in [5.41, 5.74) is 6.85. The van der Waals surface area contributed by atoms with E-state index >= 15 is 0 Å². The highest BCUT2D eigenvalue weighted by atomic mass is 16.2. The molecule has 1 atom stereocenters. The van der Waals surface area contributed by atoms with E-state index in [0.29, 0.717) is 11.4 Å². The molecule has 0 saturated carbocycles. The molecule has 0 aliphatic carbocycles. The summed E-state index contributed by atoms with van der Waals surface area (Å²) in [6.07, 6.45) is -0.445. The third-order valence-corrected chi connectivity index (χ3v) is 5.18. The molecule has 1 saturated heterocycles. The molecule has 31 heavy (non-hydrogen) atoms. The van der Waals surface area contributed by atoms with E-state index in [2.05, 4.69) is 0 Å². The van der Waals surface area contributed by atoms with Gasteiger partial charge >= 0.3 is 0 Å². The van der Waals surface area contributed by atoms with Crippen LogP contribution < -0.4 is 15.5 Å². The predicted octanol–water partition coefficient (Wildman–Crippen LogP) is 1.55. The molecule has 1 aliphatic heterocycles. The van der Waals surface area contributed by atoms with Crippen LogP contribution in [-0.2, 0) is 19.2 Å². The number of anilines is 2. The Morgan fingerprint density at radius 2 is 1.58 bits per heavy atom. The summed E-state index contributed by atoms with van der Waals surface area (Å²) in [6.45, 7) is 3.27. The third-order valence-electron chi connectivity index (χ3n) is 5.18. The van der Waals surface area contributed by atoms with Gasteiger partial charge in [-0.05, 0) is 38.1 Å². The molecule has 8 nitrogen and oxygen atoms in total. The molecule has 1 aliphatic rings. The molecule has 2 aromatic carbocycles. The predicted molar refractivity (Wildman–Crippen MR) is 117 cm³/mol. The van der Waals surface area contributed by atoms with E-state index in [1.165, 1.54) is 4.90 Å². The van der Waals surface area contributed by atoms with Gasteiger partial charge in [0.15, 0.2) is 0 Å². The fourth-order valence-electron chi connectivity index (χ4n) is 3.71. The number of nitrogens with zero attached hydrogens (tertiary/aromatic N) is 3. The summed E-state index contributed by atoms with van der Waals surface area (Å²) < 4.78 is 0. The van der Waals surface area contributed by atoms with Gasteiger partial charge in [0.05, 0.1) is 6.54 Å². The fourth-order valence-corrected chi connectivity index (χ4v) is 3.71. The van der Waals surface area contributed by atoms with Crippen molar-refractivity contribution < 1.29 is 19.2 Å². The van der Waals surface area contributed by atoms with Crippen LogP contribution in [0, 0.1) is 0 Å². The van der Waals surface area contributed by atoms with E-state index in [4.69, 9.17) is 5.73 Å². The van der Waals surface area contributed by atoms with Crippen molar-refractivity contribution in [1.29, 1.82) is 0 Å². The molecule has 0 spiro atoms. The van der Waals surface area contributed by atoms with Gasteiger partial charge < -0.3 is 20.4 Å². The molecule has 0 radical (unpaired) electrons. The number of benzene rings is 2. The first-order valence-corrected chi connectivity index (χ1v) is 10.1. The summed E-state index contributed by atoms with van der Waals surface area (Å²) in [5.74, 6) is -2.17. The van der Waals surface area contributed by atoms with E-state index in [9.17, 15) is 19.2 Å². The van der Waals surface area contributed by atoms with Crippen LogP contribution in [-0.4, -0.2) is 53.7 Å². The maximum atomic E-state index is 13.2. The number of para-hydroxylation sites is 2. The maximum Gasteiger partial charge on any atom is 0.246 e. The topological polar surface area (TPSA) is 104 Å². The average molecular weight is 422 g/mol. The Morgan fingerprint density at radius 3 is 2.13 bits per heavy atom. The molecule has 0 bridgehead atoms. The number of rotatable bonds is 6. The van der Waals surface area contributed by atoms with Gasteiger partial charge in [0, 0.05) is 17.4 Å². The summed E-state index contributed by atoms with van der Waals surface area (Å²) in [6, 6.07) is 16.5. The van der Waals surface area contributed by atoms with Crippen molar-refractivity contribution in [3.63, 3.8) is 0 Å². The molecular weight excluding hydrogens is 396 g/mol. The molecule has 2 aromatic rings. The van der Waals surface area contributed by atoms with E-state index in [1.54, 1.807) is 47.4 Å². The monoisotopic (exact) mass is 422 g/mol. The third kappa shape index (κ3) is 4.91. The lowest BCUT2D eigenvalue weighted by molar-refractivity contribution is -0.142. The molecule has 1 unspecified atom stereocenters. The van der Waals surface area contributed by atoms with Crippen LogP contribution in [0.1, 0.15) is 20.3 Å². The number of amides is 4. The Balaban J connectivity index is 1.90. The molecule has 4 amide bonds. The van der Waals surface area contributed by atoms with E-state index in [0.717, 1.165) is 4.90 Å². The smallest absolute Gasteiger partial charge is 0.246 e. The van der Waals surface area contributed by atoms with Gasteiger partial charge in [-0.3, -0.25) is 19.2 Å². The van der Waals surface area contributed by atoms with Gasteiger partial charge in [0.1, 0.15) is 19.0 Å². The Morgan fingerprint density at radius 1 is 1.00 bits per heavy atom. The minimum atomic E-state index is -1.12. The van der Waals surface area contributed by atoms with Gasteiger partial charge in [0.25, 0.3) is 0 Å². The van der Waals surface area contributed by atoms with Crippen molar-refractivity contribution in [1.82, 2.24) is 4.90 Å². The quantitative estimate of drug-likeness (QED) is 0.713. The van der Waals surface area contributed by atoms with E-state index in [1.807, 2.05) is 32.0 Å². The molecule has 162 valence electrons. The lowest BCUT2D eigenvalue weighted by Gasteiger charge is -2.33. The Bertz CT molecular complexity index is 962. The molecular formula is C23H26N4O4. The Kier molecular flexibility index (Phi) is 6.69.